The molecular weight excluding hydrogens is 422 g/mol. The van der Waals surface area contributed by atoms with Gasteiger partial charge in [0.05, 0.1) is 12.2 Å². The molecule has 1 atom stereocenters. The van der Waals surface area contributed by atoms with E-state index in [1.54, 1.807) is 6.92 Å². The largest absolute Gasteiger partial charge is 0.490 e. The Hall–Kier alpha value is -2.66. The molecule has 0 fully saturated rings. The van der Waals surface area contributed by atoms with Gasteiger partial charge in [0, 0.05) is 10.4 Å². The first kappa shape index (κ1) is 23.0. The number of nitriles is 1. The molecule has 0 saturated heterocycles. The Kier molecular flexibility index (Phi) is 6.85. The Balaban J connectivity index is 1.85. The van der Waals surface area contributed by atoms with E-state index in [0.717, 1.165) is 29.7 Å². The number of nitrogens with zero attached hydrogens (tertiary/aromatic N) is 1. The molecule has 0 radical (unpaired) electrons. The van der Waals surface area contributed by atoms with E-state index in [-0.39, 0.29) is 29.1 Å². The number of halogens is 2. The highest BCUT2D eigenvalue weighted by Gasteiger charge is 2.32. The van der Waals surface area contributed by atoms with Crippen LogP contribution in [0.25, 0.3) is 0 Å². The van der Waals surface area contributed by atoms with E-state index in [1.807, 2.05) is 0 Å². The molecular formula is C23H26F2N2O3S. The zero-order valence-corrected chi connectivity index (χ0v) is 18.9. The summed E-state index contributed by atoms with van der Waals surface area (Å²) in [6.45, 7) is 5.62. The smallest absolute Gasteiger partial charge is 0.387 e. The molecule has 2 aromatic rings. The number of carbonyl (C=O) groups excluding carboxylic acids is 1. The van der Waals surface area contributed by atoms with E-state index < -0.39 is 12.5 Å². The summed E-state index contributed by atoms with van der Waals surface area (Å²) in [4.78, 5) is 14.0. The Morgan fingerprint density at radius 1 is 1.35 bits per heavy atom. The van der Waals surface area contributed by atoms with Crippen LogP contribution in [-0.2, 0) is 12.8 Å². The normalized spacial score (nSPS) is 15.9. The van der Waals surface area contributed by atoms with Crippen LogP contribution in [-0.4, -0.2) is 19.1 Å². The third-order valence-corrected chi connectivity index (χ3v) is 6.72. The zero-order chi connectivity index (χ0) is 22.8. The second kappa shape index (κ2) is 9.23. The molecule has 166 valence electrons. The van der Waals surface area contributed by atoms with E-state index in [9.17, 15) is 18.8 Å². The van der Waals surface area contributed by atoms with Crippen molar-refractivity contribution in [2.75, 3.05) is 11.9 Å². The van der Waals surface area contributed by atoms with Gasteiger partial charge in [-0.05, 0) is 61.3 Å². The van der Waals surface area contributed by atoms with Crippen molar-refractivity contribution in [3.05, 3.63) is 39.8 Å². The molecule has 1 aromatic carbocycles. The molecule has 31 heavy (non-hydrogen) atoms. The van der Waals surface area contributed by atoms with Crippen molar-refractivity contribution >= 4 is 22.2 Å². The number of hydrogen-bond acceptors (Lipinski definition) is 5. The van der Waals surface area contributed by atoms with Gasteiger partial charge in [-0.3, -0.25) is 4.79 Å². The monoisotopic (exact) mass is 448 g/mol. The van der Waals surface area contributed by atoms with Crippen LogP contribution >= 0.6 is 11.3 Å². The van der Waals surface area contributed by atoms with Crippen LogP contribution in [0.3, 0.4) is 0 Å². The fourth-order valence-electron chi connectivity index (χ4n) is 3.82. The maximum Gasteiger partial charge on any atom is 0.387 e. The number of fused-ring (bicyclic) bond motifs is 1. The lowest BCUT2D eigenvalue weighted by Gasteiger charge is -2.33. The van der Waals surface area contributed by atoms with Gasteiger partial charge in [0.2, 0.25) is 0 Å². The summed E-state index contributed by atoms with van der Waals surface area (Å²) in [7, 11) is 0. The Labute approximate surface area is 185 Å². The van der Waals surface area contributed by atoms with Crippen LogP contribution < -0.4 is 14.8 Å². The van der Waals surface area contributed by atoms with E-state index in [2.05, 4.69) is 36.9 Å². The van der Waals surface area contributed by atoms with Crippen molar-refractivity contribution in [1.29, 1.82) is 5.26 Å². The van der Waals surface area contributed by atoms with Crippen molar-refractivity contribution in [3.63, 3.8) is 0 Å². The molecule has 1 amide bonds. The molecule has 1 heterocycles. The summed E-state index contributed by atoms with van der Waals surface area (Å²) in [6.07, 6.45) is 2.72. The van der Waals surface area contributed by atoms with Crippen molar-refractivity contribution in [3.8, 4) is 17.6 Å². The fourth-order valence-corrected chi connectivity index (χ4v) is 5.09. The molecule has 1 aliphatic carbocycles. The number of alkyl halides is 2. The highest BCUT2D eigenvalue weighted by atomic mass is 32.1. The van der Waals surface area contributed by atoms with Gasteiger partial charge in [0.25, 0.3) is 5.91 Å². The van der Waals surface area contributed by atoms with Crippen LogP contribution in [0.15, 0.2) is 18.2 Å². The Bertz CT molecular complexity index is 1010. The van der Waals surface area contributed by atoms with E-state index in [0.29, 0.717) is 16.5 Å². The molecule has 3 rings (SSSR count). The average molecular weight is 449 g/mol. The number of carbonyl (C=O) groups is 1. The van der Waals surface area contributed by atoms with Crippen LogP contribution in [0.5, 0.6) is 11.5 Å². The fraction of sp³-hybridized carbons (Fsp3) is 0.478. The molecule has 0 aliphatic heterocycles. The molecule has 1 aromatic heterocycles. The highest BCUT2D eigenvalue weighted by Crippen LogP contribution is 2.44. The number of rotatable bonds is 6. The second-order valence-corrected chi connectivity index (χ2v) is 9.66. The first-order valence-electron chi connectivity index (χ1n) is 10.2. The topological polar surface area (TPSA) is 71.3 Å². The third-order valence-electron chi connectivity index (χ3n) is 5.55. The van der Waals surface area contributed by atoms with Gasteiger partial charge in [-0.2, -0.15) is 14.0 Å². The van der Waals surface area contributed by atoms with Crippen LogP contribution in [0.1, 0.15) is 60.5 Å². The molecule has 0 bridgehead atoms. The average Bonchev–Trinajstić information content (AvgIpc) is 3.04. The van der Waals surface area contributed by atoms with Gasteiger partial charge in [-0.25, -0.2) is 0 Å². The van der Waals surface area contributed by atoms with Crippen molar-refractivity contribution < 1.29 is 23.0 Å². The summed E-state index contributed by atoms with van der Waals surface area (Å²) in [5.41, 5.74) is 1.95. The minimum absolute atomic E-state index is 0.0643. The number of amides is 1. The van der Waals surface area contributed by atoms with Gasteiger partial charge < -0.3 is 14.8 Å². The maximum atomic E-state index is 12.9. The summed E-state index contributed by atoms with van der Waals surface area (Å²) in [6, 6.07) is 6.29. The third kappa shape index (κ3) is 5.16. The van der Waals surface area contributed by atoms with Crippen LogP contribution in [0, 0.1) is 22.7 Å². The van der Waals surface area contributed by atoms with Crippen LogP contribution in [0.4, 0.5) is 13.8 Å². The highest BCUT2D eigenvalue weighted by molar-refractivity contribution is 7.16. The van der Waals surface area contributed by atoms with Gasteiger partial charge >= 0.3 is 6.61 Å². The summed E-state index contributed by atoms with van der Waals surface area (Å²) in [5.74, 6) is 0.0114. The number of benzene rings is 1. The number of anilines is 1. The lowest BCUT2D eigenvalue weighted by Crippen LogP contribution is -2.26. The molecule has 0 spiro atoms. The predicted molar refractivity (Wildman–Crippen MR) is 116 cm³/mol. The van der Waals surface area contributed by atoms with Gasteiger partial charge in [0.1, 0.15) is 11.1 Å². The second-order valence-electron chi connectivity index (χ2n) is 8.55. The molecule has 1 aliphatic rings. The van der Waals surface area contributed by atoms with Gasteiger partial charge in [-0.1, -0.05) is 20.8 Å². The first-order chi connectivity index (χ1) is 14.6. The number of hydrogen-bond donors (Lipinski definition) is 1. The first-order valence-corrected chi connectivity index (χ1v) is 11.0. The molecule has 1 N–H and O–H groups in total. The van der Waals surface area contributed by atoms with Crippen LogP contribution in [0.2, 0.25) is 0 Å². The molecule has 0 saturated carbocycles. The zero-order valence-electron chi connectivity index (χ0n) is 18.1. The molecule has 0 unspecified atom stereocenters. The van der Waals surface area contributed by atoms with Crippen molar-refractivity contribution in [2.45, 2.75) is 53.6 Å². The van der Waals surface area contributed by atoms with E-state index in [4.69, 9.17) is 4.74 Å². The lowest BCUT2D eigenvalue weighted by atomic mass is 9.72. The summed E-state index contributed by atoms with van der Waals surface area (Å²) >= 11 is 1.45. The summed E-state index contributed by atoms with van der Waals surface area (Å²) < 4.78 is 35.0. The van der Waals surface area contributed by atoms with E-state index in [1.165, 1.54) is 29.5 Å². The van der Waals surface area contributed by atoms with Gasteiger partial charge in [0.15, 0.2) is 11.5 Å². The number of thiophene rings is 1. The molecule has 8 heteroatoms. The SMILES string of the molecule is CCOc1cc(C(=O)Nc2sc3c(c2C#N)CC[C@H](C(C)(C)C)C3)ccc1OC(F)F. The standard InChI is InChI=1S/C23H26F2N2O3S/c1-5-29-18-10-13(6-9-17(18)30-22(24)25)20(28)27-21-16(12-26)15-8-7-14(23(2,3)4)11-19(15)31-21/h6,9-10,14,22H,5,7-8,11H2,1-4H3,(H,27,28)/t14-/m0/s1. The van der Waals surface area contributed by atoms with Crippen molar-refractivity contribution in [1.82, 2.24) is 0 Å². The predicted octanol–water partition coefficient (Wildman–Crippen LogP) is 6.02. The quantitative estimate of drug-likeness (QED) is 0.586. The maximum absolute atomic E-state index is 12.9. The summed E-state index contributed by atoms with van der Waals surface area (Å²) in [5, 5.41) is 13.1. The minimum atomic E-state index is -2.99. The molecule has 5 nitrogen and oxygen atoms in total. The minimum Gasteiger partial charge on any atom is -0.490 e. The Morgan fingerprint density at radius 3 is 2.71 bits per heavy atom. The lowest BCUT2D eigenvalue weighted by molar-refractivity contribution is -0.0514. The number of nitrogens with one attached hydrogen (secondary N) is 1. The van der Waals surface area contributed by atoms with Crippen molar-refractivity contribution in [2.24, 2.45) is 11.3 Å². The van der Waals surface area contributed by atoms with Gasteiger partial charge in [-0.15, -0.1) is 11.3 Å². The number of ether oxygens (including phenoxy) is 2. The Morgan fingerprint density at radius 2 is 2.10 bits per heavy atom. The van der Waals surface area contributed by atoms with E-state index >= 15 is 0 Å².